The summed E-state index contributed by atoms with van der Waals surface area (Å²) < 4.78 is 30.8. The van der Waals surface area contributed by atoms with Crippen molar-refractivity contribution in [2.75, 3.05) is 12.3 Å². The molecule has 1 heterocycles. The van der Waals surface area contributed by atoms with Gasteiger partial charge in [-0.1, -0.05) is 35.6 Å². The second-order valence-electron chi connectivity index (χ2n) is 7.14. The van der Waals surface area contributed by atoms with Crippen molar-refractivity contribution in [2.45, 2.75) is 37.7 Å². The lowest BCUT2D eigenvalue weighted by Crippen LogP contribution is -2.43. The predicted octanol–water partition coefficient (Wildman–Crippen LogP) is 3.04. The average Bonchev–Trinajstić information content (AvgIpc) is 2.98. The van der Waals surface area contributed by atoms with Crippen LogP contribution in [0.2, 0.25) is 5.02 Å². The highest BCUT2D eigenvalue weighted by molar-refractivity contribution is 7.91. The normalized spacial score (nSPS) is 15.5. The van der Waals surface area contributed by atoms with E-state index in [0.717, 1.165) is 0 Å². The van der Waals surface area contributed by atoms with Gasteiger partial charge in [-0.25, -0.2) is 13.2 Å². The topological polar surface area (TPSA) is 156 Å². The standard InChI is InChI=1S/C17H19ClN4O7S/c1-17(2,10-20-21-19)13(9-30(26,27)12-5-3-11(18)4-6-12)28-16(25)29-22-14(23)7-8-15(22)24/h3-6,13H,7-10H2,1-2H3. The number of hydrogen-bond donors (Lipinski definition) is 0. The van der Waals surface area contributed by atoms with Gasteiger partial charge < -0.3 is 4.74 Å². The van der Waals surface area contributed by atoms with E-state index in [-0.39, 0.29) is 29.3 Å². The first-order valence-electron chi connectivity index (χ1n) is 8.70. The van der Waals surface area contributed by atoms with E-state index >= 15 is 0 Å². The molecule has 162 valence electrons. The zero-order valence-corrected chi connectivity index (χ0v) is 17.7. The number of carbonyl (C=O) groups is 3. The van der Waals surface area contributed by atoms with Gasteiger partial charge in [0.25, 0.3) is 11.8 Å². The first-order chi connectivity index (χ1) is 14.0. The Morgan fingerprint density at radius 3 is 2.37 bits per heavy atom. The molecule has 13 heteroatoms. The molecule has 1 saturated heterocycles. The van der Waals surface area contributed by atoms with E-state index in [4.69, 9.17) is 21.9 Å². The minimum atomic E-state index is -3.95. The Hall–Kier alpha value is -2.82. The fraction of sp³-hybridized carbons (Fsp3) is 0.471. The van der Waals surface area contributed by atoms with Crippen LogP contribution in [0, 0.1) is 5.41 Å². The van der Waals surface area contributed by atoms with Crippen LogP contribution in [0.5, 0.6) is 0 Å². The van der Waals surface area contributed by atoms with Crippen molar-refractivity contribution >= 4 is 39.4 Å². The number of ether oxygens (including phenoxy) is 1. The molecular weight excluding hydrogens is 440 g/mol. The molecule has 1 aromatic rings. The number of benzene rings is 1. The van der Waals surface area contributed by atoms with E-state index in [1.807, 2.05) is 0 Å². The number of hydrogen-bond acceptors (Lipinski definition) is 8. The van der Waals surface area contributed by atoms with Crippen molar-refractivity contribution in [1.29, 1.82) is 0 Å². The van der Waals surface area contributed by atoms with Gasteiger partial charge in [0.1, 0.15) is 6.10 Å². The van der Waals surface area contributed by atoms with Gasteiger partial charge in [0.05, 0.1) is 10.6 Å². The van der Waals surface area contributed by atoms with Crippen molar-refractivity contribution in [2.24, 2.45) is 10.5 Å². The summed E-state index contributed by atoms with van der Waals surface area (Å²) in [6.45, 7) is 2.87. The van der Waals surface area contributed by atoms with Crippen LogP contribution in [0.3, 0.4) is 0 Å². The summed E-state index contributed by atoms with van der Waals surface area (Å²) in [4.78, 5) is 42.6. The molecule has 1 fully saturated rings. The highest BCUT2D eigenvalue weighted by Crippen LogP contribution is 2.28. The van der Waals surface area contributed by atoms with Crippen molar-refractivity contribution in [3.05, 3.63) is 39.7 Å². The minimum absolute atomic E-state index is 0.0571. The van der Waals surface area contributed by atoms with Gasteiger partial charge in [-0.15, -0.1) is 0 Å². The fourth-order valence-corrected chi connectivity index (χ4v) is 4.33. The molecule has 0 bridgehead atoms. The lowest BCUT2D eigenvalue weighted by atomic mass is 9.87. The first kappa shape index (κ1) is 23.5. The van der Waals surface area contributed by atoms with Crippen LogP contribution in [0.1, 0.15) is 26.7 Å². The molecule has 30 heavy (non-hydrogen) atoms. The number of halogens is 1. The quantitative estimate of drug-likeness (QED) is 0.190. The summed E-state index contributed by atoms with van der Waals surface area (Å²) in [5.74, 6) is -2.09. The third kappa shape index (κ3) is 5.85. The summed E-state index contributed by atoms with van der Waals surface area (Å²) in [5.41, 5.74) is 7.47. The number of nitrogens with zero attached hydrogens (tertiary/aromatic N) is 4. The molecule has 0 radical (unpaired) electrons. The fourth-order valence-electron chi connectivity index (χ4n) is 2.54. The van der Waals surface area contributed by atoms with E-state index in [9.17, 15) is 22.8 Å². The van der Waals surface area contributed by atoms with E-state index < -0.39 is 45.1 Å². The molecular formula is C17H19ClN4O7S. The molecule has 2 amide bonds. The molecule has 0 aliphatic carbocycles. The molecule has 11 nitrogen and oxygen atoms in total. The van der Waals surface area contributed by atoms with E-state index in [1.54, 1.807) is 0 Å². The number of imide groups is 1. The highest BCUT2D eigenvalue weighted by atomic mass is 35.5. The maximum absolute atomic E-state index is 12.8. The lowest BCUT2D eigenvalue weighted by Gasteiger charge is -2.32. The van der Waals surface area contributed by atoms with Crippen LogP contribution in [-0.2, 0) is 29.0 Å². The predicted molar refractivity (Wildman–Crippen MR) is 104 cm³/mol. The van der Waals surface area contributed by atoms with Crippen molar-refractivity contribution in [1.82, 2.24) is 5.06 Å². The summed E-state index contributed by atoms with van der Waals surface area (Å²) >= 11 is 5.78. The van der Waals surface area contributed by atoms with Gasteiger partial charge in [-0.05, 0) is 29.8 Å². The Bertz CT molecular complexity index is 972. The molecule has 1 atom stereocenters. The molecule has 0 aromatic heterocycles. The van der Waals surface area contributed by atoms with E-state index in [2.05, 4.69) is 14.9 Å². The largest absolute Gasteiger partial charge is 0.534 e. The van der Waals surface area contributed by atoms with Gasteiger partial charge >= 0.3 is 6.16 Å². The number of hydroxylamine groups is 2. The number of carbonyl (C=O) groups excluding carboxylic acids is 3. The smallest absolute Gasteiger partial charge is 0.428 e. The minimum Gasteiger partial charge on any atom is -0.428 e. The molecule has 1 aliphatic heterocycles. The monoisotopic (exact) mass is 458 g/mol. The van der Waals surface area contributed by atoms with Gasteiger partial charge in [-0.3, -0.25) is 14.4 Å². The summed E-state index contributed by atoms with van der Waals surface area (Å²) in [6.07, 6.45) is -2.97. The first-order valence-corrected chi connectivity index (χ1v) is 10.7. The Morgan fingerprint density at radius 1 is 1.27 bits per heavy atom. The number of azide groups is 1. The molecule has 0 saturated carbocycles. The summed E-state index contributed by atoms with van der Waals surface area (Å²) in [6, 6.07) is 5.40. The van der Waals surface area contributed by atoms with Crippen LogP contribution in [0.25, 0.3) is 10.4 Å². The number of sulfone groups is 1. The zero-order chi connectivity index (χ0) is 22.5. The van der Waals surface area contributed by atoms with Crippen molar-refractivity contribution in [3.8, 4) is 0 Å². The second-order valence-corrected chi connectivity index (χ2v) is 9.61. The van der Waals surface area contributed by atoms with Gasteiger partial charge in [-0.2, -0.15) is 0 Å². The Kier molecular flexibility index (Phi) is 7.30. The van der Waals surface area contributed by atoms with Gasteiger partial charge in [0, 0.05) is 34.7 Å². The summed E-state index contributed by atoms with van der Waals surface area (Å²) in [5, 5.41) is 4.06. The highest BCUT2D eigenvalue weighted by Gasteiger charge is 2.39. The maximum atomic E-state index is 12.8. The average molecular weight is 459 g/mol. The van der Waals surface area contributed by atoms with Gasteiger partial charge in [0.2, 0.25) is 0 Å². The third-order valence-corrected chi connectivity index (χ3v) is 6.35. The maximum Gasteiger partial charge on any atom is 0.534 e. The van der Waals surface area contributed by atoms with Crippen molar-refractivity contribution in [3.63, 3.8) is 0 Å². The molecule has 1 aromatic carbocycles. The Morgan fingerprint density at radius 2 is 1.83 bits per heavy atom. The number of rotatable bonds is 8. The summed E-state index contributed by atoms with van der Waals surface area (Å²) in [7, 11) is -3.95. The Labute approximate surface area is 177 Å². The van der Waals surface area contributed by atoms with Crippen LogP contribution in [0.4, 0.5) is 4.79 Å². The van der Waals surface area contributed by atoms with Crippen LogP contribution in [0.15, 0.2) is 34.3 Å². The van der Waals surface area contributed by atoms with Crippen molar-refractivity contribution < 1.29 is 32.4 Å². The molecule has 2 rings (SSSR count). The van der Waals surface area contributed by atoms with Crippen LogP contribution < -0.4 is 0 Å². The molecule has 0 spiro atoms. The Balaban J connectivity index is 2.24. The molecule has 1 aliphatic rings. The number of amides is 2. The van der Waals surface area contributed by atoms with Gasteiger partial charge in [0.15, 0.2) is 9.84 Å². The zero-order valence-electron chi connectivity index (χ0n) is 16.1. The van der Waals surface area contributed by atoms with E-state index in [1.165, 1.54) is 38.1 Å². The second kappa shape index (κ2) is 9.33. The van der Waals surface area contributed by atoms with Crippen LogP contribution in [-0.4, -0.2) is 49.9 Å². The molecule has 0 N–H and O–H groups in total. The third-order valence-electron chi connectivity index (χ3n) is 4.37. The SMILES string of the molecule is CC(C)(CN=[N+]=[N-])C(CS(=O)(=O)c1ccc(Cl)cc1)OC(=O)ON1C(=O)CCC1=O. The van der Waals surface area contributed by atoms with E-state index in [0.29, 0.717) is 5.02 Å². The lowest BCUT2D eigenvalue weighted by molar-refractivity contribution is -0.179. The van der Waals surface area contributed by atoms with Crippen LogP contribution >= 0.6 is 11.6 Å². The molecule has 1 unspecified atom stereocenters.